The number of rotatable bonds is 9. The molecule has 0 fully saturated rings. The van der Waals surface area contributed by atoms with Crippen molar-refractivity contribution in [2.45, 2.75) is 13.5 Å². The van der Waals surface area contributed by atoms with Crippen LogP contribution in [0.1, 0.15) is 26.5 Å². The molecular formula is C25H26N4O5S. The fraction of sp³-hybridized carbons (Fsp3) is 0.240. The maximum absolute atomic E-state index is 13.3. The number of carbonyl (C=O) groups is 1. The summed E-state index contributed by atoms with van der Waals surface area (Å²) in [5.41, 5.74) is 5.82. The molecule has 3 heterocycles. The Hall–Kier alpha value is -3.89. The molecule has 35 heavy (non-hydrogen) atoms. The Balaban J connectivity index is 1.72. The summed E-state index contributed by atoms with van der Waals surface area (Å²) in [6, 6.07) is 9.31. The van der Waals surface area contributed by atoms with Crippen molar-refractivity contribution in [3.63, 3.8) is 0 Å². The van der Waals surface area contributed by atoms with Crippen LogP contribution in [0.15, 0.2) is 47.8 Å². The molecule has 1 N–H and O–H groups in total. The predicted molar refractivity (Wildman–Crippen MR) is 136 cm³/mol. The van der Waals surface area contributed by atoms with Crippen molar-refractivity contribution in [1.82, 2.24) is 15.0 Å². The van der Waals surface area contributed by atoms with Gasteiger partial charge in [-0.25, -0.2) is 10.4 Å². The second-order valence-electron chi connectivity index (χ2n) is 7.53. The summed E-state index contributed by atoms with van der Waals surface area (Å²) in [7, 11) is 6.25. The molecular weight excluding hydrogens is 468 g/mol. The summed E-state index contributed by atoms with van der Waals surface area (Å²) in [6.45, 7) is 2.33. The number of amides is 1. The number of thiophene rings is 1. The molecule has 3 aromatic heterocycles. The normalized spacial score (nSPS) is 11.2. The van der Waals surface area contributed by atoms with Crippen LogP contribution in [0.2, 0.25) is 0 Å². The van der Waals surface area contributed by atoms with Gasteiger partial charge in [-0.2, -0.15) is 5.10 Å². The molecule has 0 atom stereocenters. The second kappa shape index (κ2) is 10.6. The van der Waals surface area contributed by atoms with Crippen LogP contribution < -0.4 is 19.6 Å². The third-order valence-electron chi connectivity index (χ3n) is 5.32. The Labute approximate surface area is 206 Å². The minimum atomic E-state index is -0.353. The van der Waals surface area contributed by atoms with Gasteiger partial charge in [0.05, 0.1) is 39.8 Å². The summed E-state index contributed by atoms with van der Waals surface area (Å²) in [4.78, 5) is 19.2. The van der Waals surface area contributed by atoms with Crippen LogP contribution in [0.25, 0.3) is 15.9 Å². The Morgan fingerprint density at radius 3 is 2.51 bits per heavy atom. The van der Waals surface area contributed by atoms with E-state index in [1.54, 1.807) is 26.4 Å². The van der Waals surface area contributed by atoms with Crippen molar-refractivity contribution in [1.29, 1.82) is 0 Å². The topological polar surface area (TPSA) is 96.2 Å². The van der Waals surface area contributed by atoms with E-state index in [0.29, 0.717) is 34.3 Å². The minimum Gasteiger partial charge on any atom is -0.493 e. The van der Waals surface area contributed by atoms with Crippen molar-refractivity contribution in [2.24, 2.45) is 5.10 Å². The molecule has 0 radical (unpaired) electrons. The van der Waals surface area contributed by atoms with Gasteiger partial charge in [-0.15, -0.1) is 11.3 Å². The van der Waals surface area contributed by atoms with E-state index in [9.17, 15) is 4.79 Å². The lowest BCUT2D eigenvalue weighted by atomic mass is 10.1. The number of aryl methyl sites for hydroxylation is 1. The van der Waals surface area contributed by atoms with E-state index in [4.69, 9.17) is 18.9 Å². The molecule has 0 bridgehead atoms. The van der Waals surface area contributed by atoms with Gasteiger partial charge in [-0.3, -0.25) is 4.79 Å². The van der Waals surface area contributed by atoms with Crippen LogP contribution >= 0.6 is 11.3 Å². The lowest BCUT2D eigenvalue weighted by Crippen LogP contribution is -2.18. The first kappa shape index (κ1) is 24.2. The van der Waals surface area contributed by atoms with E-state index in [1.165, 1.54) is 31.8 Å². The van der Waals surface area contributed by atoms with E-state index in [1.807, 2.05) is 42.1 Å². The van der Waals surface area contributed by atoms with Gasteiger partial charge in [0.15, 0.2) is 11.5 Å². The number of pyridine rings is 1. The van der Waals surface area contributed by atoms with Gasteiger partial charge in [0.25, 0.3) is 5.91 Å². The molecule has 10 heteroatoms. The van der Waals surface area contributed by atoms with E-state index < -0.39 is 0 Å². The molecule has 4 aromatic rings. The molecule has 0 aliphatic heterocycles. The first-order valence-corrected chi connectivity index (χ1v) is 11.5. The third kappa shape index (κ3) is 4.71. The zero-order valence-corrected chi connectivity index (χ0v) is 20.9. The lowest BCUT2D eigenvalue weighted by molar-refractivity contribution is 0.0959. The van der Waals surface area contributed by atoms with Gasteiger partial charge in [-0.05, 0) is 42.8 Å². The first-order valence-electron chi connectivity index (χ1n) is 10.7. The molecule has 1 aromatic carbocycles. The van der Waals surface area contributed by atoms with Crippen molar-refractivity contribution in [3.05, 3.63) is 64.4 Å². The highest BCUT2D eigenvalue weighted by Gasteiger charge is 2.23. The van der Waals surface area contributed by atoms with Crippen molar-refractivity contribution in [2.75, 3.05) is 28.4 Å². The Morgan fingerprint density at radius 1 is 1.11 bits per heavy atom. The molecule has 0 saturated heterocycles. The Morgan fingerprint density at radius 2 is 1.86 bits per heavy atom. The highest BCUT2D eigenvalue weighted by molar-refractivity contribution is 7.21. The van der Waals surface area contributed by atoms with Crippen molar-refractivity contribution >= 4 is 33.7 Å². The summed E-state index contributed by atoms with van der Waals surface area (Å²) in [5.74, 6) is 1.07. The molecule has 0 aliphatic rings. The van der Waals surface area contributed by atoms with Crippen molar-refractivity contribution in [3.8, 4) is 22.9 Å². The minimum absolute atomic E-state index is 0.353. The molecule has 9 nitrogen and oxygen atoms in total. The summed E-state index contributed by atoms with van der Waals surface area (Å²) < 4.78 is 23.5. The SMILES string of the molecule is COCc1cc(C)nc2sc(C(=O)N/N=C\c3ccc(OC)c(OC)c3OC)c(-n3cccc3)c12. The predicted octanol–water partition coefficient (Wildman–Crippen LogP) is 4.33. The van der Waals surface area contributed by atoms with Crippen LogP contribution in [-0.4, -0.2) is 50.1 Å². The number of ether oxygens (including phenoxy) is 4. The number of benzene rings is 1. The van der Waals surface area contributed by atoms with Gasteiger partial charge in [0, 0.05) is 36.1 Å². The number of nitrogens with one attached hydrogen (secondary N) is 1. The number of nitrogens with zero attached hydrogens (tertiary/aromatic N) is 3. The summed E-state index contributed by atoms with van der Waals surface area (Å²) in [5, 5.41) is 5.06. The highest BCUT2D eigenvalue weighted by atomic mass is 32.1. The number of hydrazone groups is 1. The number of aromatic nitrogens is 2. The van der Waals surface area contributed by atoms with Crippen LogP contribution in [-0.2, 0) is 11.3 Å². The largest absolute Gasteiger partial charge is 0.493 e. The van der Waals surface area contributed by atoms with E-state index in [2.05, 4.69) is 15.5 Å². The highest BCUT2D eigenvalue weighted by Crippen LogP contribution is 2.39. The quantitative estimate of drug-likeness (QED) is 0.275. The maximum Gasteiger partial charge on any atom is 0.283 e. The van der Waals surface area contributed by atoms with Crippen LogP contribution in [0, 0.1) is 6.92 Å². The fourth-order valence-corrected chi connectivity index (χ4v) is 5.04. The van der Waals surface area contributed by atoms with Crippen LogP contribution in [0.4, 0.5) is 0 Å². The number of fused-ring (bicyclic) bond motifs is 1. The van der Waals surface area contributed by atoms with Gasteiger partial charge in [0.1, 0.15) is 9.71 Å². The zero-order valence-electron chi connectivity index (χ0n) is 20.1. The van der Waals surface area contributed by atoms with Gasteiger partial charge >= 0.3 is 0 Å². The number of hydrogen-bond donors (Lipinski definition) is 1. The average Bonchev–Trinajstić information content (AvgIpc) is 3.51. The summed E-state index contributed by atoms with van der Waals surface area (Å²) in [6.07, 6.45) is 5.29. The number of carbonyl (C=O) groups excluding carboxylic acids is 1. The standard InChI is InChI=1S/C25H26N4O5S/c1-15-12-17(14-31-2)19-20(29-10-6-7-11-29)23(35-25(19)27-15)24(30)28-26-13-16-8-9-18(32-3)22(34-5)21(16)33-4/h6-13H,14H2,1-5H3,(H,28,30)/b26-13-. The van der Waals surface area contributed by atoms with Crippen LogP contribution in [0.3, 0.4) is 0 Å². The maximum atomic E-state index is 13.3. The second-order valence-corrected chi connectivity index (χ2v) is 8.53. The molecule has 0 saturated carbocycles. The molecule has 0 spiro atoms. The van der Waals surface area contributed by atoms with Crippen LogP contribution in [0.5, 0.6) is 17.2 Å². The first-order chi connectivity index (χ1) is 17.0. The van der Waals surface area contributed by atoms with Gasteiger partial charge in [0.2, 0.25) is 5.75 Å². The Bertz CT molecular complexity index is 1380. The monoisotopic (exact) mass is 494 g/mol. The summed E-state index contributed by atoms with van der Waals surface area (Å²) >= 11 is 1.31. The van der Waals surface area contributed by atoms with E-state index in [0.717, 1.165) is 27.2 Å². The van der Waals surface area contributed by atoms with E-state index in [-0.39, 0.29) is 5.91 Å². The van der Waals surface area contributed by atoms with Crippen molar-refractivity contribution < 1.29 is 23.7 Å². The average molecular weight is 495 g/mol. The smallest absolute Gasteiger partial charge is 0.283 e. The molecule has 0 unspecified atom stereocenters. The molecule has 0 aliphatic carbocycles. The third-order valence-corrected chi connectivity index (χ3v) is 6.39. The number of hydrogen-bond acceptors (Lipinski definition) is 8. The van der Waals surface area contributed by atoms with E-state index >= 15 is 0 Å². The molecule has 1 amide bonds. The lowest BCUT2D eigenvalue weighted by Gasteiger charge is -2.13. The molecule has 182 valence electrons. The molecule has 4 rings (SSSR count). The van der Waals surface area contributed by atoms with Gasteiger partial charge < -0.3 is 23.5 Å². The number of methoxy groups -OCH3 is 4. The fourth-order valence-electron chi connectivity index (χ4n) is 3.89. The van der Waals surface area contributed by atoms with Gasteiger partial charge in [-0.1, -0.05) is 0 Å². The Kier molecular flexibility index (Phi) is 7.33. The zero-order chi connectivity index (χ0) is 24.9.